The van der Waals surface area contributed by atoms with Gasteiger partial charge in [-0.05, 0) is 38.2 Å². The Bertz CT molecular complexity index is 498. The van der Waals surface area contributed by atoms with E-state index in [1.54, 1.807) is 0 Å². The zero-order valence-electron chi connectivity index (χ0n) is 13.4. The van der Waals surface area contributed by atoms with Gasteiger partial charge >= 0.3 is 0 Å². The topological polar surface area (TPSA) is 30.5 Å². The molecule has 0 bridgehead atoms. The summed E-state index contributed by atoms with van der Waals surface area (Å²) in [5, 5.41) is 3.60. The average Bonchev–Trinajstić information content (AvgIpc) is 3.01. The van der Waals surface area contributed by atoms with Crippen LogP contribution in [0.4, 0.5) is 0 Å². The van der Waals surface area contributed by atoms with Gasteiger partial charge in [-0.2, -0.15) is 0 Å². The highest BCUT2D eigenvalue weighted by atomic mass is 16.5. The van der Waals surface area contributed by atoms with Gasteiger partial charge in [0, 0.05) is 31.7 Å². The van der Waals surface area contributed by atoms with Crippen molar-refractivity contribution in [2.45, 2.75) is 58.3 Å². The molecule has 1 aromatic rings. The highest BCUT2D eigenvalue weighted by Crippen LogP contribution is 2.37. The molecule has 1 saturated heterocycles. The van der Waals surface area contributed by atoms with Crippen molar-refractivity contribution in [3.05, 3.63) is 29.3 Å². The van der Waals surface area contributed by atoms with Gasteiger partial charge in [-0.25, -0.2) is 0 Å². The van der Waals surface area contributed by atoms with Gasteiger partial charge in [0.05, 0.1) is 6.10 Å². The molecule has 1 fully saturated rings. The van der Waals surface area contributed by atoms with E-state index in [1.807, 2.05) is 0 Å². The van der Waals surface area contributed by atoms with Crippen LogP contribution in [0.2, 0.25) is 0 Å². The zero-order chi connectivity index (χ0) is 14.9. The third kappa shape index (κ3) is 3.24. The third-order valence-corrected chi connectivity index (χ3v) is 4.64. The summed E-state index contributed by atoms with van der Waals surface area (Å²) in [6, 6.07) is 6.51. The predicted octanol–water partition coefficient (Wildman–Crippen LogP) is 3.30. The average molecular weight is 289 g/mol. The van der Waals surface area contributed by atoms with E-state index in [-0.39, 0.29) is 5.60 Å². The van der Waals surface area contributed by atoms with Gasteiger partial charge in [0.25, 0.3) is 0 Å². The van der Waals surface area contributed by atoms with Crippen LogP contribution >= 0.6 is 0 Å². The van der Waals surface area contributed by atoms with Crippen molar-refractivity contribution in [3.63, 3.8) is 0 Å². The van der Waals surface area contributed by atoms with E-state index >= 15 is 0 Å². The van der Waals surface area contributed by atoms with Gasteiger partial charge in [0.1, 0.15) is 11.4 Å². The van der Waals surface area contributed by atoms with Crippen LogP contribution < -0.4 is 10.1 Å². The number of para-hydroxylation sites is 1. The van der Waals surface area contributed by atoms with Crippen LogP contribution in [0, 0.1) is 5.92 Å². The van der Waals surface area contributed by atoms with Crippen LogP contribution in [0.5, 0.6) is 5.75 Å². The Morgan fingerprint density at radius 1 is 1.33 bits per heavy atom. The van der Waals surface area contributed by atoms with Crippen molar-refractivity contribution in [2.75, 3.05) is 13.2 Å². The normalized spacial score (nSPS) is 26.6. The summed E-state index contributed by atoms with van der Waals surface area (Å²) in [5.74, 6) is 1.76. The van der Waals surface area contributed by atoms with Gasteiger partial charge in [-0.1, -0.05) is 25.1 Å². The molecule has 0 spiro atoms. The molecule has 2 heterocycles. The fourth-order valence-electron chi connectivity index (χ4n) is 3.59. The highest BCUT2D eigenvalue weighted by molar-refractivity contribution is 5.45. The number of ether oxygens (including phenoxy) is 2. The van der Waals surface area contributed by atoms with Gasteiger partial charge in [0.2, 0.25) is 0 Å². The Morgan fingerprint density at radius 2 is 2.19 bits per heavy atom. The summed E-state index contributed by atoms with van der Waals surface area (Å²) in [4.78, 5) is 0. The van der Waals surface area contributed by atoms with E-state index in [9.17, 15) is 0 Å². The quantitative estimate of drug-likeness (QED) is 0.902. The molecule has 0 radical (unpaired) electrons. The first-order chi connectivity index (χ1) is 10.1. The first-order valence-electron chi connectivity index (χ1n) is 8.21. The molecule has 2 unspecified atom stereocenters. The smallest absolute Gasteiger partial charge is 0.127 e. The Morgan fingerprint density at radius 3 is 3.00 bits per heavy atom. The molecule has 0 amide bonds. The summed E-state index contributed by atoms with van der Waals surface area (Å²) >= 11 is 0. The maximum atomic E-state index is 6.13. The second-order valence-corrected chi connectivity index (χ2v) is 6.94. The van der Waals surface area contributed by atoms with Crippen molar-refractivity contribution in [2.24, 2.45) is 5.92 Å². The molecule has 3 heteroatoms. The first-order valence-corrected chi connectivity index (χ1v) is 8.21. The van der Waals surface area contributed by atoms with Crippen molar-refractivity contribution in [3.8, 4) is 5.75 Å². The Balaban J connectivity index is 1.59. The second kappa shape index (κ2) is 5.98. The Hall–Kier alpha value is -1.06. The minimum absolute atomic E-state index is 0.0644. The molecule has 3 nitrogen and oxygen atoms in total. The maximum absolute atomic E-state index is 6.13. The third-order valence-electron chi connectivity index (χ3n) is 4.64. The molecule has 3 rings (SSSR count). The number of rotatable bonds is 5. The number of benzene rings is 1. The Kier molecular flexibility index (Phi) is 4.23. The lowest BCUT2D eigenvalue weighted by Gasteiger charge is -2.19. The minimum Gasteiger partial charge on any atom is -0.487 e. The molecule has 2 aliphatic heterocycles. The largest absolute Gasteiger partial charge is 0.487 e. The number of fused-ring (bicyclic) bond motifs is 1. The zero-order valence-corrected chi connectivity index (χ0v) is 13.4. The molecule has 0 aromatic heterocycles. The van der Waals surface area contributed by atoms with Gasteiger partial charge in [0.15, 0.2) is 0 Å². The van der Waals surface area contributed by atoms with Crippen molar-refractivity contribution < 1.29 is 9.47 Å². The van der Waals surface area contributed by atoms with Crippen molar-refractivity contribution in [1.82, 2.24) is 5.32 Å². The molecule has 1 aromatic carbocycles. The van der Waals surface area contributed by atoms with Crippen LogP contribution in [0.25, 0.3) is 0 Å². The number of hydrogen-bond acceptors (Lipinski definition) is 3. The molecule has 2 aliphatic rings. The van der Waals surface area contributed by atoms with E-state index in [0.29, 0.717) is 12.0 Å². The molecular formula is C18H27NO2. The molecule has 116 valence electrons. The van der Waals surface area contributed by atoms with Crippen molar-refractivity contribution in [1.29, 1.82) is 0 Å². The predicted molar refractivity (Wildman–Crippen MR) is 84.7 cm³/mol. The summed E-state index contributed by atoms with van der Waals surface area (Å²) in [6.45, 7) is 9.36. The van der Waals surface area contributed by atoms with Gasteiger partial charge in [-0.3, -0.25) is 0 Å². The fraction of sp³-hybridized carbons (Fsp3) is 0.667. The van der Waals surface area contributed by atoms with E-state index in [2.05, 4.69) is 44.3 Å². The van der Waals surface area contributed by atoms with E-state index in [1.165, 1.54) is 17.5 Å². The summed E-state index contributed by atoms with van der Waals surface area (Å²) in [7, 11) is 0. The fourth-order valence-corrected chi connectivity index (χ4v) is 3.59. The van der Waals surface area contributed by atoms with Crippen LogP contribution in [-0.2, 0) is 17.7 Å². The lowest BCUT2D eigenvalue weighted by Crippen LogP contribution is -2.28. The maximum Gasteiger partial charge on any atom is 0.127 e. The van der Waals surface area contributed by atoms with E-state index < -0.39 is 0 Å². The van der Waals surface area contributed by atoms with Crippen LogP contribution in [0.3, 0.4) is 0 Å². The van der Waals surface area contributed by atoms with Gasteiger partial charge in [-0.15, -0.1) is 0 Å². The summed E-state index contributed by atoms with van der Waals surface area (Å²) in [5.41, 5.74) is 2.56. The lowest BCUT2D eigenvalue weighted by molar-refractivity contribution is 0.0872. The lowest BCUT2D eigenvalue weighted by atomic mass is 9.99. The second-order valence-electron chi connectivity index (χ2n) is 6.94. The highest BCUT2D eigenvalue weighted by Gasteiger charge is 2.31. The van der Waals surface area contributed by atoms with Crippen LogP contribution in [0.15, 0.2) is 18.2 Å². The molecule has 21 heavy (non-hydrogen) atoms. The van der Waals surface area contributed by atoms with Gasteiger partial charge < -0.3 is 14.8 Å². The summed E-state index contributed by atoms with van der Waals surface area (Å²) < 4.78 is 11.9. The standard InChI is InChI=1S/C18H27NO2/c1-4-16-14(8-9-20-16)11-19-12-15-7-5-6-13-10-18(2,3)21-17(13)15/h5-7,14,16,19H,4,8-12H2,1-3H3. The van der Waals surface area contributed by atoms with E-state index in [4.69, 9.17) is 9.47 Å². The first kappa shape index (κ1) is 14.9. The Labute approximate surface area is 128 Å². The number of hydrogen-bond donors (Lipinski definition) is 1. The van der Waals surface area contributed by atoms with E-state index in [0.717, 1.165) is 38.3 Å². The molecule has 0 aliphatic carbocycles. The number of nitrogens with one attached hydrogen (secondary N) is 1. The van der Waals surface area contributed by atoms with Crippen molar-refractivity contribution >= 4 is 0 Å². The monoisotopic (exact) mass is 289 g/mol. The molecule has 2 atom stereocenters. The van der Waals surface area contributed by atoms with Crippen LogP contribution in [-0.4, -0.2) is 24.9 Å². The molecule has 0 saturated carbocycles. The summed E-state index contributed by atoms with van der Waals surface area (Å²) in [6.07, 6.45) is 3.74. The SMILES string of the molecule is CCC1OCCC1CNCc1cccc2c1OC(C)(C)C2. The molecular weight excluding hydrogens is 262 g/mol. The molecule has 1 N–H and O–H groups in total. The minimum atomic E-state index is -0.0644. The van der Waals surface area contributed by atoms with Crippen LogP contribution in [0.1, 0.15) is 44.7 Å².